The molecule has 0 unspecified atom stereocenters. The summed E-state index contributed by atoms with van der Waals surface area (Å²) in [7, 11) is 0. The molecule has 1 rings (SSSR count). The van der Waals surface area contributed by atoms with E-state index in [-0.39, 0.29) is 0 Å². The molecule has 0 aliphatic rings. The maximum Gasteiger partial charge on any atom is 0.151 e. The van der Waals surface area contributed by atoms with Crippen molar-refractivity contribution in [2.24, 2.45) is 5.92 Å². The summed E-state index contributed by atoms with van der Waals surface area (Å²) in [6, 6.07) is 1.85. The molecule has 1 aromatic heterocycles. The number of hydrogen-bond acceptors (Lipinski definition) is 2. The van der Waals surface area contributed by atoms with Gasteiger partial charge in [-0.3, -0.25) is 0 Å². The first-order valence-electron chi connectivity index (χ1n) is 4.08. The van der Waals surface area contributed by atoms with Gasteiger partial charge in [-0.1, -0.05) is 25.4 Å². The quantitative estimate of drug-likeness (QED) is 0.706. The first-order valence-corrected chi connectivity index (χ1v) is 4.46. The molecule has 0 N–H and O–H groups in total. The molecule has 0 fully saturated rings. The van der Waals surface area contributed by atoms with E-state index in [0.29, 0.717) is 11.1 Å². The number of rotatable bonds is 2. The smallest absolute Gasteiger partial charge is 0.151 e. The van der Waals surface area contributed by atoms with Crippen LogP contribution >= 0.6 is 11.6 Å². The summed E-state index contributed by atoms with van der Waals surface area (Å²) < 4.78 is 0. The molecule has 0 radical (unpaired) electrons. The van der Waals surface area contributed by atoms with Crippen molar-refractivity contribution in [2.75, 3.05) is 0 Å². The minimum Gasteiger partial charge on any atom is -0.154 e. The summed E-state index contributed by atoms with van der Waals surface area (Å²) in [5.74, 6) is 0.610. The van der Waals surface area contributed by atoms with Gasteiger partial charge in [0.1, 0.15) is 0 Å². The summed E-state index contributed by atoms with van der Waals surface area (Å²) in [4.78, 5) is 0. The lowest BCUT2D eigenvalue weighted by molar-refractivity contribution is 0.624. The van der Waals surface area contributed by atoms with Crippen LogP contribution in [0.4, 0.5) is 0 Å². The van der Waals surface area contributed by atoms with E-state index >= 15 is 0 Å². The summed E-state index contributed by atoms with van der Waals surface area (Å²) >= 11 is 5.68. The van der Waals surface area contributed by atoms with E-state index in [1.165, 1.54) is 0 Å². The van der Waals surface area contributed by atoms with Crippen LogP contribution in [0.2, 0.25) is 5.15 Å². The van der Waals surface area contributed by atoms with Gasteiger partial charge in [0, 0.05) is 0 Å². The Morgan fingerprint density at radius 2 is 2.08 bits per heavy atom. The standard InChI is InChI=1S/C9H13ClN2/c1-6(2)4-8-7(3)5-9(10)12-11-8/h5-6H,4H2,1-3H3. The fourth-order valence-corrected chi connectivity index (χ4v) is 1.27. The lowest BCUT2D eigenvalue weighted by Crippen LogP contribution is -2.01. The van der Waals surface area contributed by atoms with Crippen LogP contribution < -0.4 is 0 Å². The highest BCUT2D eigenvalue weighted by atomic mass is 35.5. The van der Waals surface area contributed by atoms with E-state index in [4.69, 9.17) is 11.6 Å². The van der Waals surface area contributed by atoms with E-state index in [2.05, 4.69) is 24.0 Å². The van der Waals surface area contributed by atoms with Crippen LogP contribution in [0.15, 0.2) is 6.07 Å². The molecule has 0 aliphatic heterocycles. The zero-order chi connectivity index (χ0) is 9.14. The van der Waals surface area contributed by atoms with Crippen molar-refractivity contribution >= 4 is 11.6 Å². The third-order valence-corrected chi connectivity index (χ3v) is 1.84. The molecule has 2 nitrogen and oxygen atoms in total. The van der Waals surface area contributed by atoms with Crippen LogP contribution in [0.25, 0.3) is 0 Å². The Hall–Kier alpha value is -0.630. The fraction of sp³-hybridized carbons (Fsp3) is 0.556. The van der Waals surface area contributed by atoms with Crippen LogP contribution in [0.3, 0.4) is 0 Å². The summed E-state index contributed by atoms with van der Waals surface area (Å²) in [5.41, 5.74) is 2.18. The molecule has 0 bridgehead atoms. The minimum absolute atomic E-state index is 0.472. The van der Waals surface area contributed by atoms with E-state index in [0.717, 1.165) is 17.7 Å². The molecule has 1 heterocycles. The zero-order valence-electron chi connectivity index (χ0n) is 7.63. The molecule has 3 heteroatoms. The Morgan fingerprint density at radius 1 is 1.42 bits per heavy atom. The van der Waals surface area contributed by atoms with Crippen molar-refractivity contribution < 1.29 is 0 Å². The average molecular weight is 185 g/mol. The monoisotopic (exact) mass is 184 g/mol. The Kier molecular flexibility index (Phi) is 3.04. The summed E-state index contributed by atoms with van der Waals surface area (Å²) in [6.45, 7) is 6.34. The lowest BCUT2D eigenvalue weighted by atomic mass is 10.1. The second-order valence-electron chi connectivity index (χ2n) is 3.39. The lowest BCUT2D eigenvalue weighted by Gasteiger charge is -2.05. The van der Waals surface area contributed by atoms with Crippen LogP contribution in [0.5, 0.6) is 0 Å². The number of hydrogen-bond donors (Lipinski definition) is 0. The third kappa shape index (κ3) is 2.45. The second-order valence-corrected chi connectivity index (χ2v) is 3.78. The Balaban J connectivity index is 2.86. The Morgan fingerprint density at radius 3 is 2.58 bits per heavy atom. The molecular formula is C9H13ClN2. The largest absolute Gasteiger partial charge is 0.154 e. The molecule has 12 heavy (non-hydrogen) atoms. The third-order valence-electron chi connectivity index (χ3n) is 1.66. The van der Waals surface area contributed by atoms with Gasteiger partial charge in [0.25, 0.3) is 0 Å². The van der Waals surface area contributed by atoms with Gasteiger partial charge in [-0.25, -0.2) is 0 Å². The highest BCUT2D eigenvalue weighted by Crippen LogP contribution is 2.12. The average Bonchev–Trinajstić information content (AvgIpc) is 1.94. The maximum absolute atomic E-state index is 5.68. The number of aromatic nitrogens is 2. The fourth-order valence-electron chi connectivity index (χ4n) is 1.07. The normalized spacial score (nSPS) is 10.8. The molecule has 0 saturated carbocycles. The molecule has 0 atom stereocenters. The molecule has 0 aliphatic carbocycles. The van der Waals surface area contributed by atoms with Crippen molar-refractivity contribution in [2.45, 2.75) is 27.2 Å². The van der Waals surface area contributed by atoms with Gasteiger partial charge >= 0.3 is 0 Å². The predicted molar refractivity (Wildman–Crippen MR) is 50.3 cm³/mol. The van der Waals surface area contributed by atoms with Crippen LogP contribution in [0, 0.1) is 12.8 Å². The van der Waals surface area contributed by atoms with Crippen LogP contribution in [-0.2, 0) is 6.42 Å². The Bertz CT molecular complexity index is 271. The van der Waals surface area contributed by atoms with E-state index < -0.39 is 0 Å². The van der Waals surface area contributed by atoms with Crippen LogP contribution in [0.1, 0.15) is 25.1 Å². The molecule has 66 valence electrons. The second kappa shape index (κ2) is 3.85. The van der Waals surface area contributed by atoms with Gasteiger partial charge in [-0.15, -0.1) is 5.10 Å². The van der Waals surface area contributed by atoms with E-state index in [1.807, 2.05) is 13.0 Å². The van der Waals surface area contributed by atoms with Crippen molar-refractivity contribution in [3.8, 4) is 0 Å². The molecule has 0 amide bonds. The zero-order valence-corrected chi connectivity index (χ0v) is 8.39. The Labute approximate surface area is 78.0 Å². The number of nitrogens with zero attached hydrogens (tertiary/aromatic N) is 2. The molecule has 0 spiro atoms. The highest BCUT2D eigenvalue weighted by molar-refractivity contribution is 6.29. The van der Waals surface area contributed by atoms with Gasteiger partial charge in [-0.2, -0.15) is 5.10 Å². The number of halogens is 1. The topological polar surface area (TPSA) is 25.8 Å². The highest BCUT2D eigenvalue weighted by Gasteiger charge is 2.04. The van der Waals surface area contributed by atoms with Crippen molar-refractivity contribution in [3.63, 3.8) is 0 Å². The van der Waals surface area contributed by atoms with Crippen molar-refractivity contribution in [1.29, 1.82) is 0 Å². The molecule has 1 aromatic rings. The van der Waals surface area contributed by atoms with Crippen molar-refractivity contribution in [1.82, 2.24) is 10.2 Å². The van der Waals surface area contributed by atoms with Gasteiger partial charge in [-0.05, 0) is 30.9 Å². The van der Waals surface area contributed by atoms with Gasteiger partial charge < -0.3 is 0 Å². The predicted octanol–water partition coefficient (Wildman–Crippen LogP) is 2.64. The minimum atomic E-state index is 0.472. The summed E-state index contributed by atoms with van der Waals surface area (Å²) in [5, 5.41) is 8.32. The SMILES string of the molecule is Cc1cc(Cl)nnc1CC(C)C. The van der Waals surface area contributed by atoms with Gasteiger partial charge in [0.2, 0.25) is 0 Å². The molecule has 0 aromatic carbocycles. The maximum atomic E-state index is 5.68. The first-order chi connectivity index (χ1) is 5.59. The summed E-state index contributed by atoms with van der Waals surface area (Å²) in [6.07, 6.45) is 0.968. The van der Waals surface area contributed by atoms with Crippen LogP contribution in [-0.4, -0.2) is 10.2 Å². The first kappa shape index (κ1) is 9.46. The van der Waals surface area contributed by atoms with Gasteiger partial charge in [0.05, 0.1) is 5.69 Å². The van der Waals surface area contributed by atoms with Gasteiger partial charge in [0.15, 0.2) is 5.15 Å². The van der Waals surface area contributed by atoms with E-state index in [9.17, 15) is 0 Å². The number of aryl methyl sites for hydroxylation is 1. The molecule has 0 saturated heterocycles. The van der Waals surface area contributed by atoms with E-state index in [1.54, 1.807) is 0 Å². The van der Waals surface area contributed by atoms with Crippen molar-refractivity contribution in [3.05, 3.63) is 22.5 Å². The molecular weight excluding hydrogens is 172 g/mol.